The van der Waals surface area contributed by atoms with Gasteiger partial charge >= 0.3 is 0 Å². The number of aromatic nitrogens is 3. The van der Waals surface area contributed by atoms with Gasteiger partial charge in [-0.15, -0.1) is 0 Å². The maximum absolute atomic E-state index is 13.1. The van der Waals surface area contributed by atoms with Crippen LogP contribution in [0.1, 0.15) is 32.3 Å². The quantitative estimate of drug-likeness (QED) is 0.690. The molecule has 2 aliphatic heterocycles. The monoisotopic (exact) mass is 373 g/mol. The minimum Gasteiger partial charge on any atom is -0.341 e. The van der Waals surface area contributed by atoms with E-state index in [4.69, 9.17) is 4.98 Å². The molecule has 1 aromatic carbocycles. The standard InChI is InChI=1S/C22H23N5O/c1-22(2)17-7-5-11-23-19(17)27(20(22)28)16-9-12-26(13-10-16)21-24-14-15-6-3-4-8-18(15)25-21/h3-8,11,14,16H,9-10,12-13H2,1-2H3. The Labute approximate surface area is 164 Å². The van der Waals surface area contributed by atoms with Crippen molar-refractivity contribution in [1.82, 2.24) is 15.0 Å². The van der Waals surface area contributed by atoms with Gasteiger partial charge < -0.3 is 4.90 Å². The van der Waals surface area contributed by atoms with E-state index in [9.17, 15) is 4.79 Å². The van der Waals surface area contributed by atoms with Crippen LogP contribution in [0.15, 0.2) is 48.8 Å². The Kier molecular flexibility index (Phi) is 3.82. The summed E-state index contributed by atoms with van der Waals surface area (Å²) >= 11 is 0. The number of carbonyl (C=O) groups excluding carboxylic acids is 1. The molecule has 0 N–H and O–H groups in total. The summed E-state index contributed by atoms with van der Waals surface area (Å²) in [5.74, 6) is 1.75. The molecule has 0 atom stereocenters. The number of amides is 1. The summed E-state index contributed by atoms with van der Waals surface area (Å²) in [6, 6.07) is 12.1. The molecule has 2 aliphatic rings. The van der Waals surface area contributed by atoms with E-state index in [0.717, 1.165) is 54.2 Å². The molecule has 1 amide bonds. The molecule has 0 saturated carbocycles. The number of fused-ring (bicyclic) bond motifs is 2. The van der Waals surface area contributed by atoms with Gasteiger partial charge in [0.1, 0.15) is 5.82 Å². The topological polar surface area (TPSA) is 62.2 Å². The Balaban J connectivity index is 1.36. The summed E-state index contributed by atoms with van der Waals surface area (Å²) in [4.78, 5) is 31.1. The average molecular weight is 373 g/mol. The highest BCUT2D eigenvalue weighted by molar-refractivity contribution is 6.07. The number of carbonyl (C=O) groups is 1. The number of rotatable bonds is 2. The molecule has 3 aromatic rings. The Bertz CT molecular complexity index is 1060. The molecule has 5 rings (SSSR count). The van der Waals surface area contributed by atoms with E-state index in [2.05, 4.69) is 14.9 Å². The lowest BCUT2D eigenvalue weighted by atomic mass is 9.87. The largest absolute Gasteiger partial charge is 0.341 e. The van der Waals surface area contributed by atoms with Crippen molar-refractivity contribution >= 4 is 28.6 Å². The van der Waals surface area contributed by atoms with Gasteiger partial charge in [0.2, 0.25) is 11.9 Å². The highest BCUT2D eigenvalue weighted by Crippen LogP contribution is 2.42. The van der Waals surface area contributed by atoms with Gasteiger partial charge in [0.05, 0.1) is 10.9 Å². The van der Waals surface area contributed by atoms with E-state index < -0.39 is 5.41 Å². The van der Waals surface area contributed by atoms with Crippen LogP contribution in [0.25, 0.3) is 10.9 Å². The Morgan fingerprint density at radius 1 is 1.04 bits per heavy atom. The molecule has 28 heavy (non-hydrogen) atoms. The van der Waals surface area contributed by atoms with Crippen LogP contribution in [-0.2, 0) is 10.2 Å². The Morgan fingerprint density at radius 3 is 2.64 bits per heavy atom. The predicted molar refractivity (Wildman–Crippen MR) is 110 cm³/mol. The molecule has 6 heteroatoms. The third-order valence-corrected chi connectivity index (χ3v) is 6.03. The summed E-state index contributed by atoms with van der Waals surface area (Å²) < 4.78 is 0. The highest BCUT2D eigenvalue weighted by atomic mass is 16.2. The van der Waals surface area contributed by atoms with Crippen molar-refractivity contribution in [1.29, 1.82) is 0 Å². The summed E-state index contributed by atoms with van der Waals surface area (Å²) in [5, 5.41) is 1.05. The van der Waals surface area contributed by atoms with Crippen molar-refractivity contribution in [2.75, 3.05) is 22.9 Å². The SMILES string of the molecule is CC1(C)C(=O)N(C2CCN(c3ncc4ccccc4n3)CC2)c2ncccc21. The van der Waals surface area contributed by atoms with Crippen molar-refractivity contribution in [3.63, 3.8) is 0 Å². The maximum Gasteiger partial charge on any atom is 0.238 e. The van der Waals surface area contributed by atoms with E-state index in [1.807, 2.05) is 61.3 Å². The van der Waals surface area contributed by atoms with Gasteiger partial charge in [0, 0.05) is 42.5 Å². The zero-order chi connectivity index (χ0) is 19.3. The van der Waals surface area contributed by atoms with E-state index in [1.54, 1.807) is 6.20 Å². The van der Waals surface area contributed by atoms with Crippen LogP contribution in [0.2, 0.25) is 0 Å². The molecule has 142 valence electrons. The minimum atomic E-state index is -0.512. The van der Waals surface area contributed by atoms with E-state index in [0.29, 0.717) is 0 Å². The second-order valence-corrected chi connectivity index (χ2v) is 8.12. The normalized spacial score (nSPS) is 19.3. The van der Waals surface area contributed by atoms with E-state index in [-0.39, 0.29) is 11.9 Å². The second kappa shape index (κ2) is 6.26. The lowest BCUT2D eigenvalue weighted by molar-refractivity contribution is -0.122. The molecule has 2 aromatic heterocycles. The van der Waals surface area contributed by atoms with Crippen LogP contribution in [0.5, 0.6) is 0 Å². The first-order chi connectivity index (χ1) is 13.6. The number of para-hydroxylation sites is 1. The van der Waals surface area contributed by atoms with Crippen molar-refractivity contribution in [3.8, 4) is 0 Å². The minimum absolute atomic E-state index is 0.154. The smallest absolute Gasteiger partial charge is 0.238 e. The van der Waals surface area contributed by atoms with Gasteiger partial charge in [-0.2, -0.15) is 0 Å². The molecule has 0 radical (unpaired) electrons. The fraction of sp³-hybridized carbons (Fsp3) is 0.364. The number of hydrogen-bond acceptors (Lipinski definition) is 5. The molecule has 4 heterocycles. The first-order valence-electron chi connectivity index (χ1n) is 9.81. The number of nitrogens with zero attached hydrogens (tertiary/aromatic N) is 5. The summed E-state index contributed by atoms with van der Waals surface area (Å²) in [5.41, 5.74) is 1.48. The molecular formula is C22H23N5O. The number of piperidine rings is 1. The van der Waals surface area contributed by atoms with Gasteiger partial charge in [-0.1, -0.05) is 24.3 Å². The van der Waals surface area contributed by atoms with Crippen LogP contribution in [0.4, 0.5) is 11.8 Å². The number of hydrogen-bond donors (Lipinski definition) is 0. The number of pyridine rings is 1. The fourth-order valence-corrected chi connectivity index (χ4v) is 4.37. The zero-order valence-electron chi connectivity index (χ0n) is 16.2. The Morgan fingerprint density at radius 2 is 1.82 bits per heavy atom. The third-order valence-electron chi connectivity index (χ3n) is 6.03. The molecule has 1 saturated heterocycles. The zero-order valence-corrected chi connectivity index (χ0v) is 16.2. The predicted octanol–water partition coefficient (Wildman–Crippen LogP) is 3.32. The van der Waals surface area contributed by atoms with Crippen LogP contribution in [0.3, 0.4) is 0 Å². The van der Waals surface area contributed by atoms with Crippen LogP contribution in [0, 0.1) is 0 Å². The van der Waals surface area contributed by atoms with Gasteiger partial charge in [-0.3, -0.25) is 9.69 Å². The van der Waals surface area contributed by atoms with Crippen LogP contribution < -0.4 is 9.80 Å². The van der Waals surface area contributed by atoms with Crippen molar-refractivity contribution < 1.29 is 4.79 Å². The Hall–Kier alpha value is -3.02. The van der Waals surface area contributed by atoms with Gasteiger partial charge in [0.15, 0.2) is 0 Å². The molecule has 0 spiro atoms. The lowest BCUT2D eigenvalue weighted by Gasteiger charge is -2.37. The number of benzene rings is 1. The second-order valence-electron chi connectivity index (χ2n) is 8.12. The number of anilines is 2. The maximum atomic E-state index is 13.1. The van der Waals surface area contributed by atoms with Crippen LogP contribution in [-0.4, -0.2) is 40.0 Å². The van der Waals surface area contributed by atoms with E-state index in [1.165, 1.54) is 0 Å². The first-order valence-corrected chi connectivity index (χ1v) is 9.81. The fourth-order valence-electron chi connectivity index (χ4n) is 4.37. The summed E-state index contributed by atoms with van der Waals surface area (Å²) in [7, 11) is 0. The van der Waals surface area contributed by atoms with Crippen molar-refractivity contribution in [3.05, 3.63) is 54.4 Å². The van der Waals surface area contributed by atoms with Crippen molar-refractivity contribution in [2.24, 2.45) is 0 Å². The lowest BCUT2D eigenvalue weighted by Crippen LogP contribution is -2.49. The highest BCUT2D eigenvalue weighted by Gasteiger charge is 2.47. The summed E-state index contributed by atoms with van der Waals surface area (Å²) in [6.45, 7) is 5.65. The van der Waals surface area contributed by atoms with Gasteiger partial charge in [-0.05, 0) is 38.8 Å². The summed E-state index contributed by atoms with van der Waals surface area (Å²) in [6.07, 6.45) is 5.43. The van der Waals surface area contributed by atoms with Crippen molar-refractivity contribution in [2.45, 2.75) is 38.1 Å². The molecule has 0 aliphatic carbocycles. The first kappa shape index (κ1) is 17.1. The molecule has 0 bridgehead atoms. The molecule has 6 nitrogen and oxygen atoms in total. The van der Waals surface area contributed by atoms with Crippen LogP contribution >= 0.6 is 0 Å². The van der Waals surface area contributed by atoms with Gasteiger partial charge in [0.25, 0.3) is 0 Å². The van der Waals surface area contributed by atoms with E-state index >= 15 is 0 Å². The molecule has 1 fully saturated rings. The molecule has 0 unspecified atom stereocenters. The molecular weight excluding hydrogens is 350 g/mol. The van der Waals surface area contributed by atoms with Gasteiger partial charge in [-0.25, -0.2) is 15.0 Å². The average Bonchev–Trinajstić information content (AvgIpc) is 2.94. The third kappa shape index (κ3) is 2.55.